The average molecular weight is 286 g/mol. The van der Waals surface area contributed by atoms with Crippen LogP contribution in [0.15, 0.2) is 24.3 Å². The van der Waals surface area contributed by atoms with E-state index >= 15 is 0 Å². The number of carbonyl (C=O) groups is 1. The third-order valence-electron chi connectivity index (χ3n) is 3.14. The zero-order chi connectivity index (χ0) is 13.0. The number of aliphatic hydroxyl groups is 1. The van der Waals surface area contributed by atoms with Gasteiger partial charge in [-0.2, -0.15) is 11.8 Å². The molecule has 0 aromatic heterocycles. The Labute approximate surface area is 116 Å². The van der Waals surface area contributed by atoms with E-state index in [1.807, 2.05) is 18.2 Å². The Morgan fingerprint density at radius 3 is 2.72 bits per heavy atom. The van der Waals surface area contributed by atoms with Crippen molar-refractivity contribution in [2.45, 2.75) is 25.0 Å². The Balaban J connectivity index is 1.94. The highest BCUT2D eigenvalue weighted by molar-refractivity contribution is 7.99. The standard InChI is InChI=1S/C13H16ClNO2S/c14-11-4-2-1-3-10(11)9-15-12(16)13(17)5-7-18-8-6-13/h1-4,17H,5-9H2,(H,15,16). The van der Waals surface area contributed by atoms with Crippen LogP contribution < -0.4 is 5.32 Å². The van der Waals surface area contributed by atoms with Gasteiger partial charge < -0.3 is 10.4 Å². The minimum atomic E-state index is -1.20. The first-order valence-corrected chi connectivity index (χ1v) is 7.47. The van der Waals surface area contributed by atoms with Gasteiger partial charge in [0.25, 0.3) is 5.91 Å². The molecule has 0 aliphatic carbocycles. The zero-order valence-electron chi connectivity index (χ0n) is 9.99. The van der Waals surface area contributed by atoms with E-state index in [0.717, 1.165) is 17.1 Å². The molecule has 0 spiro atoms. The molecule has 1 aromatic rings. The number of rotatable bonds is 3. The lowest BCUT2D eigenvalue weighted by atomic mass is 9.96. The molecular formula is C13H16ClNO2S. The number of thioether (sulfide) groups is 1. The maximum absolute atomic E-state index is 12.0. The molecule has 1 saturated heterocycles. The number of hydrogen-bond donors (Lipinski definition) is 2. The minimum Gasteiger partial charge on any atom is -0.380 e. The number of benzene rings is 1. The molecule has 5 heteroatoms. The SMILES string of the molecule is O=C(NCc1ccccc1Cl)C1(O)CCSCC1. The van der Waals surface area contributed by atoms with Crippen molar-refractivity contribution in [2.75, 3.05) is 11.5 Å². The number of hydrogen-bond acceptors (Lipinski definition) is 3. The maximum atomic E-state index is 12.0. The first kappa shape index (κ1) is 13.7. The summed E-state index contributed by atoms with van der Waals surface area (Å²) < 4.78 is 0. The van der Waals surface area contributed by atoms with Gasteiger partial charge in [0.05, 0.1) is 0 Å². The van der Waals surface area contributed by atoms with Crippen LogP contribution in [0.4, 0.5) is 0 Å². The predicted octanol–water partition coefficient (Wildman–Crippen LogP) is 2.21. The van der Waals surface area contributed by atoms with Crippen LogP contribution in [0.25, 0.3) is 0 Å². The van der Waals surface area contributed by atoms with Crippen molar-refractivity contribution in [3.8, 4) is 0 Å². The molecule has 18 heavy (non-hydrogen) atoms. The molecule has 1 fully saturated rings. The van der Waals surface area contributed by atoms with Gasteiger partial charge >= 0.3 is 0 Å². The van der Waals surface area contributed by atoms with Gasteiger partial charge in [0.1, 0.15) is 5.60 Å². The molecule has 0 radical (unpaired) electrons. The highest BCUT2D eigenvalue weighted by Gasteiger charge is 2.37. The highest BCUT2D eigenvalue weighted by atomic mass is 35.5. The van der Waals surface area contributed by atoms with E-state index in [0.29, 0.717) is 24.4 Å². The van der Waals surface area contributed by atoms with Gasteiger partial charge in [-0.05, 0) is 36.0 Å². The highest BCUT2D eigenvalue weighted by Crippen LogP contribution is 2.27. The molecule has 0 unspecified atom stereocenters. The van der Waals surface area contributed by atoms with Gasteiger partial charge in [0.15, 0.2) is 0 Å². The van der Waals surface area contributed by atoms with Gasteiger partial charge in [0.2, 0.25) is 0 Å². The molecule has 0 atom stereocenters. The van der Waals surface area contributed by atoms with Crippen molar-refractivity contribution in [2.24, 2.45) is 0 Å². The van der Waals surface area contributed by atoms with Crippen LogP contribution in [0.3, 0.4) is 0 Å². The van der Waals surface area contributed by atoms with Gasteiger partial charge in [-0.15, -0.1) is 0 Å². The second-order valence-corrected chi connectivity index (χ2v) is 6.05. The molecule has 1 aliphatic rings. The maximum Gasteiger partial charge on any atom is 0.252 e. The number of nitrogens with one attached hydrogen (secondary N) is 1. The smallest absolute Gasteiger partial charge is 0.252 e. The summed E-state index contributed by atoms with van der Waals surface area (Å²) in [5.74, 6) is 1.37. The van der Waals surface area contributed by atoms with Crippen LogP contribution in [0, 0.1) is 0 Å². The first-order chi connectivity index (χ1) is 8.62. The van der Waals surface area contributed by atoms with E-state index in [1.165, 1.54) is 0 Å². The van der Waals surface area contributed by atoms with Crippen molar-refractivity contribution in [1.29, 1.82) is 0 Å². The number of amides is 1. The lowest BCUT2D eigenvalue weighted by Gasteiger charge is -2.30. The van der Waals surface area contributed by atoms with Crippen molar-refractivity contribution in [3.05, 3.63) is 34.9 Å². The number of halogens is 1. The van der Waals surface area contributed by atoms with E-state index in [-0.39, 0.29) is 5.91 Å². The second-order valence-electron chi connectivity index (χ2n) is 4.42. The van der Waals surface area contributed by atoms with E-state index in [2.05, 4.69) is 5.32 Å². The van der Waals surface area contributed by atoms with E-state index in [4.69, 9.17) is 11.6 Å². The Kier molecular flexibility index (Phi) is 4.54. The topological polar surface area (TPSA) is 49.3 Å². The summed E-state index contributed by atoms with van der Waals surface area (Å²) in [5, 5.41) is 13.6. The molecule has 1 heterocycles. The fourth-order valence-corrected chi connectivity index (χ4v) is 3.29. The normalized spacial score (nSPS) is 18.3. The summed E-state index contributed by atoms with van der Waals surface area (Å²) in [6.07, 6.45) is 1.04. The quantitative estimate of drug-likeness (QED) is 0.895. The summed E-state index contributed by atoms with van der Waals surface area (Å²) in [7, 11) is 0. The third-order valence-corrected chi connectivity index (χ3v) is 4.49. The van der Waals surface area contributed by atoms with Crippen LogP contribution in [0.5, 0.6) is 0 Å². The van der Waals surface area contributed by atoms with Crippen LogP contribution in [0.2, 0.25) is 5.02 Å². The summed E-state index contributed by atoms with van der Waals surface area (Å²) in [4.78, 5) is 12.0. The molecule has 2 rings (SSSR count). The predicted molar refractivity (Wildman–Crippen MR) is 74.8 cm³/mol. The van der Waals surface area contributed by atoms with Crippen molar-refractivity contribution in [3.63, 3.8) is 0 Å². The summed E-state index contributed by atoms with van der Waals surface area (Å²) in [6.45, 7) is 0.355. The minimum absolute atomic E-state index is 0.289. The molecule has 1 aliphatic heterocycles. The Hall–Kier alpha value is -0.710. The molecule has 0 saturated carbocycles. The zero-order valence-corrected chi connectivity index (χ0v) is 11.6. The largest absolute Gasteiger partial charge is 0.380 e. The third kappa shape index (κ3) is 3.19. The van der Waals surface area contributed by atoms with E-state index < -0.39 is 5.60 Å². The van der Waals surface area contributed by atoms with E-state index in [1.54, 1.807) is 17.8 Å². The molecule has 2 N–H and O–H groups in total. The second kappa shape index (κ2) is 5.95. The van der Waals surface area contributed by atoms with Crippen molar-refractivity contribution in [1.82, 2.24) is 5.32 Å². The van der Waals surface area contributed by atoms with Crippen molar-refractivity contribution < 1.29 is 9.90 Å². The summed E-state index contributed by atoms with van der Waals surface area (Å²) >= 11 is 7.78. The molecule has 3 nitrogen and oxygen atoms in total. The van der Waals surface area contributed by atoms with Crippen LogP contribution in [0.1, 0.15) is 18.4 Å². The molecule has 1 aromatic carbocycles. The average Bonchev–Trinajstić information content (AvgIpc) is 2.38. The van der Waals surface area contributed by atoms with Gasteiger partial charge in [-0.1, -0.05) is 29.8 Å². The molecular weight excluding hydrogens is 270 g/mol. The van der Waals surface area contributed by atoms with Gasteiger partial charge in [-0.3, -0.25) is 4.79 Å². The van der Waals surface area contributed by atoms with E-state index in [9.17, 15) is 9.90 Å². The van der Waals surface area contributed by atoms with Gasteiger partial charge in [0, 0.05) is 11.6 Å². The Morgan fingerprint density at radius 1 is 1.39 bits per heavy atom. The fourth-order valence-electron chi connectivity index (χ4n) is 1.92. The van der Waals surface area contributed by atoms with Crippen molar-refractivity contribution >= 4 is 29.3 Å². The first-order valence-electron chi connectivity index (χ1n) is 5.94. The monoisotopic (exact) mass is 285 g/mol. The molecule has 98 valence electrons. The fraction of sp³-hybridized carbons (Fsp3) is 0.462. The van der Waals surface area contributed by atoms with Gasteiger partial charge in [-0.25, -0.2) is 0 Å². The summed E-state index contributed by atoms with van der Waals surface area (Å²) in [5.41, 5.74) is -0.340. The summed E-state index contributed by atoms with van der Waals surface area (Å²) in [6, 6.07) is 7.37. The molecule has 0 bridgehead atoms. The Bertz CT molecular complexity index is 433. The van der Waals surface area contributed by atoms with Crippen LogP contribution in [-0.4, -0.2) is 28.1 Å². The van der Waals surface area contributed by atoms with Crippen LogP contribution in [-0.2, 0) is 11.3 Å². The number of carbonyl (C=O) groups excluding carboxylic acids is 1. The molecule has 1 amide bonds. The lowest BCUT2D eigenvalue weighted by molar-refractivity contribution is -0.140. The van der Waals surface area contributed by atoms with Crippen LogP contribution >= 0.6 is 23.4 Å². The lowest BCUT2D eigenvalue weighted by Crippen LogP contribution is -2.48. The Morgan fingerprint density at radius 2 is 2.06 bits per heavy atom.